The SMILES string of the molecule is CCNC(c1ccc(F)cc1Cl)c1c(C)cc(F)cc1C. The molecule has 0 saturated heterocycles. The minimum Gasteiger partial charge on any atom is -0.306 e. The zero-order chi connectivity index (χ0) is 15.6. The molecule has 21 heavy (non-hydrogen) atoms. The highest BCUT2D eigenvalue weighted by molar-refractivity contribution is 6.31. The van der Waals surface area contributed by atoms with E-state index in [1.54, 1.807) is 6.07 Å². The van der Waals surface area contributed by atoms with Gasteiger partial charge in [-0.2, -0.15) is 0 Å². The fourth-order valence-corrected chi connectivity index (χ4v) is 2.96. The molecule has 1 unspecified atom stereocenters. The average Bonchev–Trinajstić information content (AvgIpc) is 2.37. The number of nitrogens with one attached hydrogen (secondary N) is 1. The summed E-state index contributed by atoms with van der Waals surface area (Å²) in [6.45, 7) is 6.44. The fraction of sp³-hybridized carbons (Fsp3) is 0.294. The lowest BCUT2D eigenvalue weighted by Gasteiger charge is -2.24. The molecule has 1 atom stereocenters. The van der Waals surface area contributed by atoms with Crippen molar-refractivity contribution >= 4 is 11.6 Å². The second kappa shape index (κ2) is 6.54. The first-order valence-corrected chi connectivity index (χ1v) is 7.26. The molecule has 0 saturated carbocycles. The summed E-state index contributed by atoms with van der Waals surface area (Å²) in [5.41, 5.74) is 3.46. The fourth-order valence-electron chi connectivity index (χ4n) is 2.68. The minimum atomic E-state index is -0.369. The van der Waals surface area contributed by atoms with E-state index in [1.165, 1.54) is 24.3 Å². The van der Waals surface area contributed by atoms with Gasteiger partial charge in [-0.25, -0.2) is 8.78 Å². The van der Waals surface area contributed by atoms with E-state index < -0.39 is 0 Å². The first-order chi connectivity index (χ1) is 9.93. The predicted octanol–water partition coefficient (Wildman–Crippen LogP) is 4.93. The van der Waals surface area contributed by atoms with Crippen LogP contribution in [0, 0.1) is 25.5 Å². The molecular formula is C17H18ClF2N. The van der Waals surface area contributed by atoms with Gasteiger partial charge in [-0.1, -0.05) is 24.6 Å². The summed E-state index contributed by atoms with van der Waals surface area (Å²) in [4.78, 5) is 0. The van der Waals surface area contributed by atoms with Crippen molar-refractivity contribution in [2.45, 2.75) is 26.8 Å². The molecule has 0 heterocycles. The Morgan fingerprint density at radius 3 is 2.19 bits per heavy atom. The summed E-state index contributed by atoms with van der Waals surface area (Å²) in [6.07, 6.45) is 0. The zero-order valence-electron chi connectivity index (χ0n) is 12.3. The molecular weight excluding hydrogens is 292 g/mol. The number of halogens is 3. The molecule has 1 N–H and O–H groups in total. The molecule has 112 valence electrons. The van der Waals surface area contributed by atoms with Gasteiger partial charge in [-0.3, -0.25) is 0 Å². The molecule has 2 aromatic carbocycles. The van der Waals surface area contributed by atoms with Crippen LogP contribution in [0.5, 0.6) is 0 Å². The maximum Gasteiger partial charge on any atom is 0.124 e. The van der Waals surface area contributed by atoms with Gasteiger partial charge in [-0.15, -0.1) is 0 Å². The van der Waals surface area contributed by atoms with Gasteiger partial charge in [0.05, 0.1) is 6.04 Å². The van der Waals surface area contributed by atoms with Crippen LogP contribution in [0.3, 0.4) is 0 Å². The second-order valence-electron chi connectivity index (χ2n) is 5.11. The number of rotatable bonds is 4. The Bertz CT molecular complexity index is 632. The summed E-state index contributed by atoms with van der Waals surface area (Å²) in [6, 6.07) is 7.18. The van der Waals surface area contributed by atoms with Crippen LogP contribution in [0.25, 0.3) is 0 Å². The molecule has 0 fully saturated rings. The Kier molecular flexibility index (Phi) is 4.96. The molecule has 0 bridgehead atoms. The molecule has 0 aromatic heterocycles. The van der Waals surface area contributed by atoms with E-state index in [-0.39, 0.29) is 17.7 Å². The molecule has 0 aliphatic heterocycles. The van der Waals surface area contributed by atoms with E-state index in [4.69, 9.17) is 11.6 Å². The van der Waals surface area contributed by atoms with Crippen molar-refractivity contribution in [3.63, 3.8) is 0 Å². The van der Waals surface area contributed by atoms with Crippen LogP contribution in [-0.2, 0) is 0 Å². The first-order valence-electron chi connectivity index (χ1n) is 6.89. The number of hydrogen-bond acceptors (Lipinski definition) is 1. The molecule has 0 radical (unpaired) electrons. The Morgan fingerprint density at radius 2 is 1.67 bits per heavy atom. The van der Waals surface area contributed by atoms with Crippen molar-refractivity contribution in [3.8, 4) is 0 Å². The summed E-state index contributed by atoms with van der Waals surface area (Å²) in [7, 11) is 0. The van der Waals surface area contributed by atoms with Gasteiger partial charge in [0, 0.05) is 5.02 Å². The molecule has 0 aliphatic rings. The smallest absolute Gasteiger partial charge is 0.124 e. The minimum absolute atomic E-state index is 0.191. The van der Waals surface area contributed by atoms with Gasteiger partial charge in [0.2, 0.25) is 0 Å². The van der Waals surface area contributed by atoms with Crippen LogP contribution in [0.2, 0.25) is 5.02 Å². The third-order valence-corrected chi connectivity index (χ3v) is 3.86. The monoisotopic (exact) mass is 309 g/mol. The second-order valence-corrected chi connectivity index (χ2v) is 5.52. The van der Waals surface area contributed by atoms with Crippen molar-refractivity contribution in [3.05, 3.63) is 69.2 Å². The largest absolute Gasteiger partial charge is 0.306 e. The predicted molar refractivity (Wildman–Crippen MR) is 82.8 cm³/mol. The summed E-state index contributed by atoms with van der Waals surface area (Å²) < 4.78 is 26.8. The summed E-state index contributed by atoms with van der Waals surface area (Å²) in [5.74, 6) is -0.624. The number of hydrogen-bond donors (Lipinski definition) is 1. The highest BCUT2D eigenvalue weighted by Gasteiger charge is 2.20. The van der Waals surface area contributed by atoms with Gasteiger partial charge >= 0.3 is 0 Å². The van der Waals surface area contributed by atoms with E-state index in [9.17, 15) is 8.78 Å². The summed E-state index contributed by atoms with van der Waals surface area (Å²) >= 11 is 6.19. The number of benzene rings is 2. The lowest BCUT2D eigenvalue weighted by atomic mass is 9.91. The van der Waals surface area contributed by atoms with Gasteiger partial charge < -0.3 is 5.32 Å². The molecule has 2 rings (SSSR count). The highest BCUT2D eigenvalue weighted by atomic mass is 35.5. The summed E-state index contributed by atoms with van der Waals surface area (Å²) in [5, 5.41) is 3.71. The van der Waals surface area contributed by atoms with Gasteiger partial charge in [0.15, 0.2) is 0 Å². The lowest BCUT2D eigenvalue weighted by molar-refractivity contribution is 0.601. The van der Waals surface area contributed by atoms with E-state index in [0.29, 0.717) is 11.6 Å². The van der Waals surface area contributed by atoms with Crippen molar-refractivity contribution in [2.75, 3.05) is 6.54 Å². The maximum atomic E-state index is 13.5. The Balaban J connectivity index is 2.59. The van der Waals surface area contributed by atoms with E-state index >= 15 is 0 Å². The zero-order valence-corrected chi connectivity index (χ0v) is 13.1. The molecule has 4 heteroatoms. The van der Waals surface area contributed by atoms with Crippen LogP contribution in [0.1, 0.15) is 35.2 Å². The molecule has 0 spiro atoms. The Hall–Kier alpha value is -1.45. The van der Waals surface area contributed by atoms with Crippen LogP contribution in [0.4, 0.5) is 8.78 Å². The van der Waals surface area contributed by atoms with Crippen molar-refractivity contribution in [1.29, 1.82) is 0 Å². The third kappa shape index (κ3) is 3.42. The maximum absolute atomic E-state index is 13.5. The lowest BCUT2D eigenvalue weighted by Crippen LogP contribution is -2.24. The quantitative estimate of drug-likeness (QED) is 0.844. The van der Waals surface area contributed by atoms with E-state index in [1.807, 2.05) is 20.8 Å². The molecule has 0 aliphatic carbocycles. The third-order valence-electron chi connectivity index (χ3n) is 3.53. The Labute approximate surface area is 128 Å². The molecule has 0 amide bonds. The molecule has 1 nitrogen and oxygen atoms in total. The standard InChI is InChI=1S/C17H18ClF2N/c1-4-21-17(14-6-5-12(19)9-15(14)18)16-10(2)7-13(20)8-11(16)3/h5-9,17,21H,4H2,1-3H3. The average molecular weight is 310 g/mol. The molecule has 2 aromatic rings. The normalized spacial score (nSPS) is 12.5. The van der Waals surface area contributed by atoms with Crippen LogP contribution < -0.4 is 5.32 Å². The number of aryl methyl sites for hydroxylation is 2. The topological polar surface area (TPSA) is 12.0 Å². The van der Waals surface area contributed by atoms with Crippen LogP contribution in [-0.4, -0.2) is 6.54 Å². The van der Waals surface area contributed by atoms with Crippen molar-refractivity contribution in [2.24, 2.45) is 0 Å². The van der Waals surface area contributed by atoms with Gasteiger partial charge in [-0.05, 0) is 66.9 Å². The van der Waals surface area contributed by atoms with Gasteiger partial charge in [0.25, 0.3) is 0 Å². The van der Waals surface area contributed by atoms with Gasteiger partial charge in [0.1, 0.15) is 11.6 Å². The van der Waals surface area contributed by atoms with E-state index in [2.05, 4.69) is 5.32 Å². The van der Waals surface area contributed by atoms with E-state index in [0.717, 1.165) is 22.3 Å². The first kappa shape index (κ1) is 15.9. The highest BCUT2D eigenvalue weighted by Crippen LogP contribution is 2.33. The van der Waals surface area contributed by atoms with Crippen LogP contribution in [0.15, 0.2) is 30.3 Å². The van der Waals surface area contributed by atoms with Crippen LogP contribution >= 0.6 is 11.6 Å². The van der Waals surface area contributed by atoms with Crippen molar-refractivity contribution in [1.82, 2.24) is 5.32 Å². The Morgan fingerprint density at radius 1 is 1.05 bits per heavy atom. The van der Waals surface area contributed by atoms with Crippen molar-refractivity contribution < 1.29 is 8.78 Å².